The molecule has 0 aliphatic rings. The molecule has 2 heterocycles. The van der Waals surface area contributed by atoms with Crippen LogP contribution in [0.2, 0.25) is 0 Å². The Morgan fingerprint density at radius 1 is 0.625 bits per heavy atom. The predicted octanol–water partition coefficient (Wildman–Crippen LogP) is 6.94. The number of rotatable bonds is 3. The molecular weight excluding hydrogens is 398 g/mol. The second kappa shape index (κ2) is 7.36. The number of fused-ring (bicyclic) bond motifs is 3. The number of hydrogen-bond donors (Lipinski definition) is 0. The molecule has 4 nitrogen and oxygen atoms in total. The maximum absolute atomic E-state index is 13.0. The molecule has 4 aromatic carbocycles. The summed E-state index contributed by atoms with van der Waals surface area (Å²) in [7, 11) is 0. The summed E-state index contributed by atoms with van der Waals surface area (Å²) in [6.45, 7) is 0. The quantitative estimate of drug-likeness (QED) is 0.294. The SMILES string of the molecule is O=c1oc2cc(-c3ccccc3)c(-c3ccccc3)cc2c2onc(-c3ccccc3)c12. The molecular formula is C28H17NO3. The van der Waals surface area contributed by atoms with E-state index >= 15 is 0 Å². The Morgan fingerprint density at radius 3 is 1.75 bits per heavy atom. The maximum atomic E-state index is 13.0. The van der Waals surface area contributed by atoms with Crippen molar-refractivity contribution in [2.75, 3.05) is 0 Å². The number of benzene rings is 4. The van der Waals surface area contributed by atoms with E-state index in [-0.39, 0.29) is 0 Å². The van der Waals surface area contributed by atoms with E-state index in [9.17, 15) is 4.79 Å². The van der Waals surface area contributed by atoms with Gasteiger partial charge in [-0.1, -0.05) is 96.2 Å². The van der Waals surface area contributed by atoms with E-state index in [0.717, 1.165) is 27.8 Å². The van der Waals surface area contributed by atoms with Crippen LogP contribution in [0.3, 0.4) is 0 Å². The van der Waals surface area contributed by atoms with Gasteiger partial charge in [0.25, 0.3) is 0 Å². The normalized spacial score (nSPS) is 11.2. The van der Waals surface area contributed by atoms with Gasteiger partial charge in [-0.2, -0.15) is 0 Å². The van der Waals surface area contributed by atoms with Gasteiger partial charge in [0.1, 0.15) is 16.7 Å². The highest BCUT2D eigenvalue weighted by molar-refractivity contribution is 6.08. The smallest absolute Gasteiger partial charge is 0.349 e. The minimum atomic E-state index is -0.459. The van der Waals surface area contributed by atoms with Crippen molar-refractivity contribution in [2.45, 2.75) is 0 Å². The maximum Gasteiger partial charge on any atom is 0.349 e. The minimum absolute atomic E-state index is 0.357. The Kier molecular flexibility index (Phi) is 4.22. The lowest BCUT2D eigenvalue weighted by Gasteiger charge is -2.12. The first-order chi connectivity index (χ1) is 15.8. The first-order valence-electron chi connectivity index (χ1n) is 10.4. The van der Waals surface area contributed by atoms with Gasteiger partial charge >= 0.3 is 5.63 Å². The zero-order chi connectivity index (χ0) is 21.5. The third kappa shape index (κ3) is 2.93. The summed E-state index contributed by atoms with van der Waals surface area (Å²) >= 11 is 0. The minimum Gasteiger partial charge on any atom is -0.422 e. The molecule has 0 amide bonds. The zero-order valence-corrected chi connectivity index (χ0v) is 17.0. The van der Waals surface area contributed by atoms with Gasteiger partial charge < -0.3 is 8.94 Å². The van der Waals surface area contributed by atoms with Crippen LogP contribution in [0.1, 0.15) is 0 Å². The lowest BCUT2D eigenvalue weighted by molar-refractivity contribution is 0.460. The molecule has 0 bridgehead atoms. The van der Waals surface area contributed by atoms with E-state index in [1.807, 2.05) is 91.0 Å². The molecule has 0 radical (unpaired) electrons. The van der Waals surface area contributed by atoms with Crippen LogP contribution in [0.15, 0.2) is 117 Å². The number of aromatic nitrogens is 1. The molecule has 6 rings (SSSR count). The van der Waals surface area contributed by atoms with E-state index in [4.69, 9.17) is 8.94 Å². The standard InChI is InChI=1S/C28H17NO3/c30-28-25-26(20-14-8-3-9-15-20)29-32-27(25)23-16-21(18-10-4-1-5-11-18)22(17-24(23)31-28)19-12-6-2-7-13-19/h1-17H. The molecule has 0 saturated heterocycles. The predicted molar refractivity (Wildman–Crippen MR) is 126 cm³/mol. The summed E-state index contributed by atoms with van der Waals surface area (Å²) in [5.41, 5.74) is 5.86. The molecule has 0 fully saturated rings. The van der Waals surface area contributed by atoms with E-state index in [1.165, 1.54) is 0 Å². The number of hydrogen-bond acceptors (Lipinski definition) is 4. The van der Waals surface area contributed by atoms with Crippen LogP contribution in [0.5, 0.6) is 0 Å². The van der Waals surface area contributed by atoms with Gasteiger partial charge in [0.15, 0.2) is 5.58 Å². The van der Waals surface area contributed by atoms with Crippen molar-refractivity contribution in [2.24, 2.45) is 0 Å². The molecule has 4 heteroatoms. The Labute approximate surface area is 183 Å². The lowest BCUT2D eigenvalue weighted by atomic mass is 9.92. The van der Waals surface area contributed by atoms with Gasteiger partial charge in [0.2, 0.25) is 0 Å². The third-order valence-electron chi connectivity index (χ3n) is 5.68. The fourth-order valence-electron chi connectivity index (χ4n) is 4.16. The van der Waals surface area contributed by atoms with Gasteiger partial charge in [-0.05, 0) is 34.4 Å². The first kappa shape index (κ1) is 18.3. The highest BCUT2D eigenvalue weighted by Gasteiger charge is 2.21. The van der Waals surface area contributed by atoms with Crippen LogP contribution >= 0.6 is 0 Å². The number of nitrogens with zero attached hydrogens (tertiary/aromatic N) is 1. The fourth-order valence-corrected chi connectivity index (χ4v) is 4.16. The zero-order valence-electron chi connectivity index (χ0n) is 17.0. The monoisotopic (exact) mass is 415 g/mol. The highest BCUT2D eigenvalue weighted by atomic mass is 16.5. The molecule has 32 heavy (non-hydrogen) atoms. The van der Waals surface area contributed by atoms with Crippen LogP contribution in [-0.2, 0) is 0 Å². The molecule has 6 aromatic rings. The van der Waals surface area contributed by atoms with Crippen molar-refractivity contribution in [3.8, 4) is 33.5 Å². The van der Waals surface area contributed by atoms with Crippen molar-refractivity contribution in [1.82, 2.24) is 5.16 Å². The molecule has 0 N–H and O–H groups in total. The summed E-state index contributed by atoms with van der Waals surface area (Å²) < 4.78 is 11.5. The Balaban J connectivity index is 1.70. The van der Waals surface area contributed by atoms with Gasteiger partial charge in [0.05, 0.1) is 5.39 Å². The summed E-state index contributed by atoms with van der Waals surface area (Å²) in [5, 5.41) is 5.30. The topological polar surface area (TPSA) is 56.2 Å². The first-order valence-corrected chi connectivity index (χ1v) is 10.4. The van der Waals surface area contributed by atoms with Crippen LogP contribution in [0, 0.1) is 0 Å². The second-order valence-corrected chi connectivity index (χ2v) is 7.62. The Hall–Kier alpha value is -4.44. The summed E-state index contributed by atoms with van der Waals surface area (Å²) in [6.07, 6.45) is 0. The molecule has 0 aliphatic heterocycles. The van der Waals surface area contributed by atoms with Crippen LogP contribution in [-0.4, -0.2) is 5.16 Å². The van der Waals surface area contributed by atoms with E-state index in [1.54, 1.807) is 0 Å². The fraction of sp³-hybridized carbons (Fsp3) is 0. The molecule has 0 aliphatic carbocycles. The molecule has 2 aromatic heterocycles. The summed E-state index contributed by atoms with van der Waals surface area (Å²) in [4.78, 5) is 13.0. The van der Waals surface area contributed by atoms with Crippen molar-refractivity contribution < 1.29 is 8.94 Å². The van der Waals surface area contributed by atoms with Gasteiger partial charge in [-0.15, -0.1) is 0 Å². The van der Waals surface area contributed by atoms with Gasteiger partial charge in [-0.25, -0.2) is 4.79 Å². The van der Waals surface area contributed by atoms with Crippen molar-refractivity contribution in [3.63, 3.8) is 0 Å². The van der Waals surface area contributed by atoms with E-state index < -0.39 is 5.63 Å². The summed E-state index contributed by atoms with van der Waals surface area (Å²) in [6, 6.07) is 33.7. The van der Waals surface area contributed by atoms with Crippen LogP contribution < -0.4 is 5.63 Å². The van der Waals surface area contributed by atoms with Gasteiger partial charge in [0, 0.05) is 5.56 Å². The molecule has 152 valence electrons. The van der Waals surface area contributed by atoms with Gasteiger partial charge in [-0.3, -0.25) is 0 Å². The third-order valence-corrected chi connectivity index (χ3v) is 5.68. The summed E-state index contributed by atoms with van der Waals surface area (Å²) in [5.74, 6) is 0. The average Bonchev–Trinajstić information content (AvgIpc) is 3.31. The van der Waals surface area contributed by atoms with E-state index in [0.29, 0.717) is 27.6 Å². The average molecular weight is 415 g/mol. The van der Waals surface area contributed by atoms with Crippen molar-refractivity contribution in [3.05, 3.63) is 114 Å². The lowest BCUT2D eigenvalue weighted by Crippen LogP contribution is -2.00. The van der Waals surface area contributed by atoms with E-state index in [2.05, 4.69) is 17.3 Å². The van der Waals surface area contributed by atoms with Crippen molar-refractivity contribution in [1.29, 1.82) is 0 Å². The Morgan fingerprint density at radius 2 is 1.16 bits per heavy atom. The molecule has 0 atom stereocenters. The molecule has 0 saturated carbocycles. The van der Waals surface area contributed by atoms with Crippen LogP contribution in [0.4, 0.5) is 0 Å². The van der Waals surface area contributed by atoms with Crippen LogP contribution in [0.25, 0.3) is 55.4 Å². The molecule has 0 unspecified atom stereocenters. The second-order valence-electron chi connectivity index (χ2n) is 7.62. The Bertz CT molecular complexity index is 1620. The van der Waals surface area contributed by atoms with Crippen molar-refractivity contribution >= 4 is 21.9 Å². The largest absolute Gasteiger partial charge is 0.422 e. The highest BCUT2D eigenvalue weighted by Crippen LogP contribution is 2.38. The molecule has 0 spiro atoms.